The standard InChI is InChI=1S/C14H13FN2O2S2/c1-19-13(18)11-6-7-12(21-11)17-14(20)16-8-9-2-4-10(15)5-3-9/h2-7H,8H2,1H3,(H2,16,17,20). The van der Waals surface area contributed by atoms with Gasteiger partial charge in [-0.3, -0.25) is 0 Å². The predicted molar refractivity (Wildman–Crippen MR) is 85.1 cm³/mol. The molecule has 0 atom stereocenters. The van der Waals surface area contributed by atoms with E-state index in [-0.39, 0.29) is 11.8 Å². The number of methoxy groups -OCH3 is 1. The van der Waals surface area contributed by atoms with E-state index in [1.807, 2.05) is 0 Å². The van der Waals surface area contributed by atoms with Crippen molar-refractivity contribution >= 4 is 39.6 Å². The molecule has 2 N–H and O–H groups in total. The molecule has 1 heterocycles. The van der Waals surface area contributed by atoms with E-state index in [1.54, 1.807) is 24.3 Å². The van der Waals surface area contributed by atoms with Crippen LogP contribution in [0.1, 0.15) is 15.2 Å². The van der Waals surface area contributed by atoms with Crippen molar-refractivity contribution in [2.45, 2.75) is 6.54 Å². The van der Waals surface area contributed by atoms with Crippen molar-refractivity contribution in [2.75, 3.05) is 12.4 Å². The van der Waals surface area contributed by atoms with E-state index in [9.17, 15) is 9.18 Å². The SMILES string of the molecule is COC(=O)c1ccc(NC(=S)NCc2ccc(F)cc2)s1. The molecule has 0 radical (unpaired) electrons. The molecule has 2 aromatic rings. The Morgan fingerprint density at radius 2 is 2.00 bits per heavy atom. The van der Waals surface area contributed by atoms with Gasteiger partial charge in [0.1, 0.15) is 10.7 Å². The summed E-state index contributed by atoms with van der Waals surface area (Å²) in [5.74, 6) is -0.647. The Hall–Kier alpha value is -1.99. The summed E-state index contributed by atoms with van der Waals surface area (Å²) in [6, 6.07) is 9.59. The van der Waals surface area contributed by atoms with E-state index in [2.05, 4.69) is 15.4 Å². The van der Waals surface area contributed by atoms with Crippen molar-refractivity contribution in [3.63, 3.8) is 0 Å². The van der Waals surface area contributed by atoms with Gasteiger partial charge in [0.05, 0.1) is 12.1 Å². The average Bonchev–Trinajstić information content (AvgIpc) is 2.94. The molecule has 0 saturated heterocycles. The summed E-state index contributed by atoms with van der Waals surface area (Å²) in [5, 5.41) is 7.16. The van der Waals surface area contributed by atoms with Gasteiger partial charge in [0.2, 0.25) is 0 Å². The molecule has 1 aromatic heterocycles. The molecule has 21 heavy (non-hydrogen) atoms. The third-order valence-corrected chi connectivity index (χ3v) is 3.82. The Kier molecular flexibility index (Phi) is 5.24. The van der Waals surface area contributed by atoms with E-state index in [4.69, 9.17) is 12.2 Å². The fourth-order valence-corrected chi connectivity index (χ4v) is 2.63. The first-order valence-corrected chi connectivity index (χ1v) is 7.28. The minimum absolute atomic E-state index is 0.270. The topological polar surface area (TPSA) is 50.4 Å². The largest absolute Gasteiger partial charge is 0.465 e. The van der Waals surface area contributed by atoms with Crippen LogP contribution in [0.2, 0.25) is 0 Å². The zero-order chi connectivity index (χ0) is 15.2. The highest BCUT2D eigenvalue weighted by Gasteiger charge is 2.09. The Morgan fingerprint density at radius 3 is 2.67 bits per heavy atom. The van der Waals surface area contributed by atoms with E-state index in [0.717, 1.165) is 10.6 Å². The molecule has 4 nitrogen and oxygen atoms in total. The van der Waals surface area contributed by atoms with E-state index in [0.29, 0.717) is 16.5 Å². The number of nitrogens with one attached hydrogen (secondary N) is 2. The number of thiophene rings is 1. The van der Waals surface area contributed by atoms with Crippen LogP contribution in [0.4, 0.5) is 9.39 Å². The highest BCUT2D eigenvalue weighted by atomic mass is 32.1. The van der Waals surface area contributed by atoms with Crippen molar-refractivity contribution in [3.05, 3.63) is 52.7 Å². The minimum atomic E-state index is -0.377. The quantitative estimate of drug-likeness (QED) is 0.668. The highest BCUT2D eigenvalue weighted by Crippen LogP contribution is 2.22. The molecule has 0 aliphatic rings. The summed E-state index contributed by atoms with van der Waals surface area (Å²) in [4.78, 5) is 11.8. The van der Waals surface area contributed by atoms with Crippen LogP contribution in [0.25, 0.3) is 0 Å². The van der Waals surface area contributed by atoms with E-state index >= 15 is 0 Å². The second-order valence-corrected chi connectivity index (χ2v) is 5.58. The van der Waals surface area contributed by atoms with Gasteiger partial charge in [-0.05, 0) is 42.0 Å². The normalized spacial score (nSPS) is 10.0. The van der Waals surface area contributed by atoms with Crippen LogP contribution in [-0.2, 0) is 11.3 Å². The first-order chi connectivity index (χ1) is 10.1. The van der Waals surface area contributed by atoms with Gasteiger partial charge in [-0.25, -0.2) is 9.18 Å². The lowest BCUT2D eigenvalue weighted by Gasteiger charge is -2.08. The molecule has 0 unspecified atom stereocenters. The van der Waals surface area contributed by atoms with Crippen LogP contribution < -0.4 is 10.6 Å². The molecule has 1 aromatic carbocycles. The Bertz CT molecular complexity index is 641. The van der Waals surface area contributed by atoms with Crippen LogP contribution in [0.5, 0.6) is 0 Å². The first-order valence-electron chi connectivity index (χ1n) is 6.06. The molecule has 110 valence electrons. The van der Waals surface area contributed by atoms with Crippen molar-refractivity contribution in [1.82, 2.24) is 5.32 Å². The fraction of sp³-hybridized carbons (Fsp3) is 0.143. The maximum atomic E-state index is 12.8. The Balaban J connectivity index is 1.85. The molecule has 7 heteroatoms. The number of ether oxygens (including phenoxy) is 1. The van der Waals surface area contributed by atoms with Gasteiger partial charge >= 0.3 is 5.97 Å². The van der Waals surface area contributed by atoms with Crippen LogP contribution in [0.3, 0.4) is 0 Å². The van der Waals surface area contributed by atoms with Crippen molar-refractivity contribution in [2.24, 2.45) is 0 Å². The summed E-state index contributed by atoms with van der Waals surface area (Å²) in [5.41, 5.74) is 0.918. The lowest BCUT2D eigenvalue weighted by atomic mass is 10.2. The number of hydrogen-bond donors (Lipinski definition) is 2. The molecule has 0 aliphatic heterocycles. The lowest BCUT2D eigenvalue weighted by Crippen LogP contribution is -2.27. The summed E-state index contributed by atoms with van der Waals surface area (Å²) in [6.07, 6.45) is 0. The number of carbonyl (C=O) groups excluding carboxylic acids is 1. The van der Waals surface area contributed by atoms with Crippen LogP contribution >= 0.6 is 23.6 Å². The number of esters is 1. The van der Waals surface area contributed by atoms with Gasteiger partial charge in [0, 0.05) is 6.54 Å². The Morgan fingerprint density at radius 1 is 1.29 bits per heavy atom. The number of rotatable bonds is 4. The zero-order valence-electron chi connectivity index (χ0n) is 11.2. The monoisotopic (exact) mass is 324 g/mol. The third-order valence-electron chi connectivity index (χ3n) is 2.60. The van der Waals surface area contributed by atoms with Gasteiger partial charge in [-0.15, -0.1) is 11.3 Å². The third kappa shape index (κ3) is 4.51. The molecule has 2 rings (SSSR count). The number of carbonyl (C=O) groups is 1. The second kappa shape index (κ2) is 7.14. The minimum Gasteiger partial charge on any atom is -0.465 e. The average molecular weight is 324 g/mol. The molecule has 0 amide bonds. The van der Waals surface area contributed by atoms with Gasteiger partial charge in [0.25, 0.3) is 0 Å². The second-order valence-electron chi connectivity index (χ2n) is 4.09. The van der Waals surface area contributed by atoms with Crippen LogP contribution in [-0.4, -0.2) is 18.2 Å². The summed E-state index contributed by atoms with van der Waals surface area (Å²) in [6.45, 7) is 0.487. The zero-order valence-corrected chi connectivity index (χ0v) is 12.8. The molecule has 0 bridgehead atoms. The maximum absolute atomic E-state index is 12.8. The maximum Gasteiger partial charge on any atom is 0.348 e. The molecule has 0 aliphatic carbocycles. The molecule has 0 fully saturated rings. The fourth-order valence-electron chi connectivity index (χ4n) is 1.56. The number of anilines is 1. The van der Waals surface area contributed by atoms with Gasteiger partial charge in [0.15, 0.2) is 5.11 Å². The molecular formula is C14H13FN2O2S2. The highest BCUT2D eigenvalue weighted by molar-refractivity contribution is 7.80. The van der Waals surface area contributed by atoms with Crippen molar-refractivity contribution < 1.29 is 13.9 Å². The van der Waals surface area contributed by atoms with Gasteiger partial charge < -0.3 is 15.4 Å². The van der Waals surface area contributed by atoms with Crippen molar-refractivity contribution in [3.8, 4) is 0 Å². The molecule has 0 spiro atoms. The van der Waals surface area contributed by atoms with Gasteiger partial charge in [-0.1, -0.05) is 12.1 Å². The predicted octanol–water partition coefficient (Wildman–Crippen LogP) is 3.16. The number of hydrogen-bond acceptors (Lipinski definition) is 4. The lowest BCUT2D eigenvalue weighted by molar-refractivity contribution is 0.0606. The van der Waals surface area contributed by atoms with E-state index in [1.165, 1.54) is 30.6 Å². The molecule has 0 saturated carbocycles. The first kappa shape index (κ1) is 15.4. The summed E-state index contributed by atoms with van der Waals surface area (Å²) < 4.78 is 17.4. The smallest absolute Gasteiger partial charge is 0.348 e. The Labute approximate surface area is 130 Å². The van der Waals surface area contributed by atoms with Crippen molar-refractivity contribution in [1.29, 1.82) is 0 Å². The van der Waals surface area contributed by atoms with Gasteiger partial charge in [-0.2, -0.15) is 0 Å². The van der Waals surface area contributed by atoms with E-state index < -0.39 is 0 Å². The number of thiocarbonyl (C=S) groups is 1. The number of halogens is 1. The van der Waals surface area contributed by atoms with Crippen LogP contribution in [0.15, 0.2) is 36.4 Å². The van der Waals surface area contributed by atoms with Crippen LogP contribution in [0, 0.1) is 5.82 Å². The summed E-state index contributed by atoms with van der Waals surface area (Å²) >= 11 is 6.41. The molecular weight excluding hydrogens is 311 g/mol. The number of benzene rings is 1. The summed E-state index contributed by atoms with van der Waals surface area (Å²) in [7, 11) is 1.34.